The number of carbonyl (C=O) groups is 1. The Morgan fingerprint density at radius 2 is 1.75 bits per heavy atom. The van der Waals surface area contributed by atoms with Gasteiger partial charge in [0, 0.05) is 16.2 Å². The maximum absolute atomic E-state index is 14.0. The van der Waals surface area contributed by atoms with E-state index in [-0.39, 0.29) is 17.7 Å². The third kappa shape index (κ3) is 6.46. The lowest BCUT2D eigenvalue weighted by Crippen LogP contribution is -2.39. The molecule has 1 aromatic heterocycles. The van der Waals surface area contributed by atoms with E-state index in [1.165, 1.54) is 29.2 Å². The van der Waals surface area contributed by atoms with Crippen LogP contribution in [0.4, 0.5) is 0 Å². The van der Waals surface area contributed by atoms with Gasteiger partial charge in [-0.05, 0) is 73.5 Å². The summed E-state index contributed by atoms with van der Waals surface area (Å²) in [6.07, 6.45) is 3.21. The van der Waals surface area contributed by atoms with Crippen LogP contribution in [-0.4, -0.2) is 30.9 Å². The summed E-state index contributed by atoms with van der Waals surface area (Å²) < 4.78 is 25.5. The van der Waals surface area contributed by atoms with Crippen molar-refractivity contribution in [1.29, 1.82) is 5.26 Å². The second-order valence-corrected chi connectivity index (χ2v) is 11.5. The molecule has 0 saturated heterocycles. The maximum atomic E-state index is 14.0. The third-order valence-electron chi connectivity index (χ3n) is 6.74. The van der Waals surface area contributed by atoms with E-state index in [1.807, 2.05) is 44.2 Å². The van der Waals surface area contributed by atoms with E-state index in [9.17, 15) is 9.59 Å². The zero-order valence-corrected chi connectivity index (χ0v) is 26.6. The number of hydrogen-bond acceptors (Lipinski definition) is 9. The van der Waals surface area contributed by atoms with Crippen molar-refractivity contribution in [3.05, 3.63) is 119 Å². The van der Waals surface area contributed by atoms with Gasteiger partial charge in [-0.3, -0.25) is 9.36 Å². The highest BCUT2D eigenvalue weighted by atomic mass is 79.9. The van der Waals surface area contributed by atoms with E-state index in [0.29, 0.717) is 56.5 Å². The number of fused-ring (bicyclic) bond motifs is 1. The predicted molar refractivity (Wildman–Crippen MR) is 170 cm³/mol. The summed E-state index contributed by atoms with van der Waals surface area (Å²) in [5.74, 6) is 1.05. The molecular formula is C33H28BrN3O6S. The van der Waals surface area contributed by atoms with Crippen molar-refractivity contribution in [3.63, 3.8) is 0 Å². The minimum Gasteiger partial charge on any atom is -0.490 e. The average molecular weight is 675 g/mol. The number of esters is 1. The normalized spacial score (nSPS) is 14.1. The van der Waals surface area contributed by atoms with Gasteiger partial charge in [-0.2, -0.15) is 5.26 Å². The van der Waals surface area contributed by atoms with Crippen molar-refractivity contribution < 1.29 is 23.7 Å². The van der Waals surface area contributed by atoms with Gasteiger partial charge in [-0.1, -0.05) is 45.5 Å². The fraction of sp³-hybridized carbons (Fsp3) is 0.212. The SMILES string of the molecule is CCOc1ccc([C@@H]2C(C(=O)OC)=CN=c3s/c(=C/c4cc(Br)ccc4OCc4ccc(C#N)cc4)c(=O)n32)cc1OCC. The van der Waals surface area contributed by atoms with E-state index >= 15 is 0 Å². The number of carbonyl (C=O) groups excluding carboxylic acids is 1. The number of methoxy groups -OCH3 is 1. The highest BCUT2D eigenvalue weighted by molar-refractivity contribution is 9.10. The molecule has 9 nitrogen and oxygen atoms in total. The van der Waals surface area contributed by atoms with Crippen molar-refractivity contribution in [2.24, 2.45) is 4.99 Å². The van der Waals surface area contributed by atoms with Crippen molar-refractivity contribution in [1.82, 2.24) is 4.57 Å². The number of aromatic nitrogens is 1. The fourth-order valence-corrected chi connectivity index (χ4v) is 6.07. The molecule has 224 valence electrons. The van der Waals surface area contributed by atoms with Crippen molar-refractivity contribution in [2.45, 2.75) is 26.5 Å². The molecule has 0 spiro atoms. The average Bonchev–Trinajstić information content (AvgIpc) is 3.35. The fourth-order valence-electron chi connectivity index (χ4n) is 4.73. The van der Waals surface area contributed by atoms with Crippen LogP contribution < -0.4 is 29.1 Å². The number of ether oxygens (including phenoxy) is 4. The molecule has 1 atom stereocenters. The van der Waals surface area contributed by atoms with Crippen LogP contribution >= 0.6 is 27.3 Å². The third-order valence-corrected chi connectivity index (χ3v) is 8.23. The number of thiazole rings is 1. The van der Waals surface area contributed by atoms with Crippen LogP contribution in [0.2, 0.25) is 0 Å². The largest absolute Gasteiger partial charge is 0.490 e. The molecular weight excluding hydrogens is 646 g/mol. The first kappa shape index (κ1) is 30.8. The second-order valence-electron chi connectivity index (χ2n) is 9.53. The number of nitriles is 1. The molecule has 11 heteroatoms. The monoisotopic (exact) mass is 673 g/mol. The Balaban J connectivity index is 1.58. The summed E-state index contributed by atoms with van der Waals surface area (Å²) >= 11 is 4.73. The van der Waals surface area contributed by atoms with Gasteiger partial charge in [0.1, 0.15) is 12.4 Å². The lowest BCUT2D eigenvalue weighted by Gasteiger charge is -2.23. The van der Waals surface area contributed by atoms with Gasteiger partial charge < -0.3 is 18.9 Å². The number of nitrogens with zero attached hydrogens (tertiary/aromatic N) is 3. The summed E-state index contributed by atoms with van der Waals surface area (Å²) in [5.41, 5.74) is 2.69. The first-order valence-corrected chi connectivity index (χ1v) is 15.4. The van der Waals surface area contributed by atoms with Gasteiger partial charge in [0.05, 0.1) is 48.1 Å². The van der Waals surface area contributed by atoms with Crippen molar-refractivity contribution >= 4 is 39.3 Å². The zero-order valence-electron chi connectivity index (χ0n) is 24.2. The Morgan fingerprint density at radius 3 is 2.45 bits per heavy atom. The molecule has 5 rings (SSSR count). The van der Waals surface area contributed by atoms with E-state index in [2.05, 4.69) is 27.0 Å². The summed E-state index contributed by atoms with van der Waals surface area (Å²) in [6, 6.07) is 19.4. The van der Waals surface area contributed by atoms with Gasteiger partial charge in [-0.15, -0.1) is 0 Å². The Bertz CT molecular complexity index is 1960. The summed E-state index contributed by atoms with van der Waals surface area (Å²) in [5, 5.41) is 9.06. The smallest absolute Gasteiger partial charge is 0.337 e. The minimum absolute atomic E-state index is 0.215. The predicted octanol–water partition coefficient (Wildman–Crippen LogP) is 5.03. The number of halogens is 1. The topological polar surface area (TPSA) is 112 Å². The van der Waals surface area contributed by atoms with Gasteiger partial charge in [-0.25, -0.2) is 9.79 Å². The molecule has 0 aliphatic carbocycles. The standard InChI is InChI=1S/C33H28BrN3O6S/c1-4-41-27-12-10-22(15-28(27)42-5-2)30-25(32(39)40-3)18-36-33-37(30)31(38)29(44-33)16-23-14-24(34)11-13-26(23)43-19-21-8-6-20(17-35)7-9-21/h6-16,18,30H,4-5,19H2,1-3H3/b29-16+/t30-/m1/s1. The number of benzene rings is 3. The molecule has 0 radical (unpaired) electrons. The van der Waals surface area contributed by atoms with Crippen molar-refractivity contribution in [2.75, 3.05) is 20.3 Å². The lowest BCUT2D eigenvalue weighted by molar-refractivity contribution is -0.136. The molecule has 4 aromatic rings. The van der Waals surface area contributed by atoms with Gasteiger partial charge >= 0.3 is 5.97 Å². The van der Waals surface area contributed by atoms with Crippen LogP contribution in [0.25, 0.3) is 6.08 Å². The quantitative estimate of drug-likeness (QED) is 0.217. The van der Waals surface area contributed by atoms with Gasteiger partial charge in [0.15, 0.2) is 16.3 Å². The lowest BCUT2D eigenvalue weighted by atomic mass is 9.97. The first-order valence-electron chi connectivity index (χ1n) is 13.8. The van der Waals surface area contributed by atoms with Crippen LogP contribution in [0.1, 0.15) is 42.1 Å². The van der Waals surface area contributed by atoms with Crippen molar-refractivity contribution in [3.8, 4) is 23.3 Å². The molecule has 0 amide bonds. The molecule has 1 aliphatic rings. The molecule has 0 saturated carbocycles. The molecule has 2 heterocycles. The first-order chi connectivity index (χ1) is 21.4. The molecule has 0 N–H and O–H groups in total. The van der Waals surface area contributed by atoms with E-state index in [1.54, 1.807) is 36.4 Å². The molecule has 44 heavy (non-hydrogen) atoms. The molecule has 3 aromatic carbocycles. The Morgan fingerprint density at radius 1 is 1.02 bits per heavy atom. The number of rotatable bonds is 10. The zero-order chi connectivity index (χ0) is 31.2. The number of hydrogen-bond donors (Lipinski definition) is 0. The Labute approximate surface area is 266 Å². The van der Waals surface area contributed by atoms with Gasteiger partial charge in [0.25, 0.3) is 5.56 Å². The van der Waals surface area contributed by atoms with Crippen LogP contribution in [-0.2, 0) is 16.1 Å². The highest BCUT2D eigenvalue weighted by Crippen LogP contribution is 2.35. The van der Waals surface area contributed by atoms with Crippen LogP contribution in [0.3, 0.4) is 0 Å². The van der Waals surface area contributed by atoms with Crippen LogP contribution in [0.15, 0.2) is 86.7 Å². The van der Waals surface area contributed by atoms with E-state index in [0.717, 1.165) is 10.0 Å². The van der Waals surface area contributed by atoms with Gasteiger partial charge in [0.2, 0.25) is 0 Å². The maximum Gasteiger partial charge on any atom is 0.337 e. The molecule has 0 fully saturated rings. The minimum atomic E-state index is -0.801. The van der Waals surface area contributed by atoms with Crippen LogP contribution in [0, 0.1) is 11.3 Å². The summed E-state index contributed by atoms with van der Waals surface area (Å²) in [6.45, 7) is 4.90. The highest BCUT2D eigenvalue weighted by Gasteiger charge is 2.31. The second kappa shape index (κ2) is 13.8. The molecule has 1 aliphatic heterocycles. The van der Waals surface area contributed by atoms with Crippen LogP contribution in [0.5, 0.6) is 17.2 Å². The Kier molecular flexibility index (Phi) is 9.62. The Hall–Kier alpha value is -4.66. The molecule has 0 unspecified atom stereocenters. The summed E-state index contributed by atoms with van der Waals surface area (Å²) in [4.78, 5) is 31.8. The van der Waals surface area contributed by atoms with E-state index in [4.69, 9.17) is 24.2 Å². The molecule has 0 bridgehead atoms. The summed E-state index contributed by atoms with van der Waals surface area (Å²) in [7, 11) is 1.29. The van der Waals surface area contributed by atoms with E-state index < -0.39 is 12.0 Å².